The highest BCUT2D eigenvalue weighted by molar-refractivity contribution is 5.71. The van der Waals surface area contributed by atoms with Crippen LogP contribution in [0.2, 0.25) is 0 Å². The lowest BCUT2D eigenvalue weighted by molar-refractivity contribution is 0.178. The molecule has 0 aliphatic carbocycles. The summed E-state index contributed by atoms with van der Waals surface area (Å²) in [5.41, 5.74) is 7.12. The molecule has 0 spiro atoms. The van der Waals surface area contributed by atoms with Crippen LogP contribution in [0.1, 0.15) is 5.56 Å². The maximum absolute atomic E-state index is 5.57. The Morgan fingerprint density at radius 1 is 1.21 bits per heavy atom. The van der Waals surface area contributed by atoms with E-state index in [1.54, 1.807) is 27.4 Å². The van der Waals surface area contributed by atoms with Gasteiger partial charge in [-0.2, -0.15) is 0 Å². The third kappa shape index (κ3) is 2.48. The molecule has 102 valence electrons. The lowest BCUT2D eigenvalue weighted by Gasteiger charge is -2.15. The number of ether oxygens (including phenoxy) is 3. The number of nitrogens with zero attached hydrogens (tertiary/aromatic N) is 1. The Morgan fingerprint density at radius 2 is 2.00 bits per heavy atom. The zero-order valence-electron chi connectivity index (χ0n) is 11.1. The monoisotopic (exact) mass is 264 g/mol. The highest BCUT2D eigenvalue weighted by Crippen LogP contribution is 2.39. The Kier molecular flexibility index (Phi) is 3.91. The number of hydrogen-bond acceptors (Lipinski definition) is 6. The van der Waals surface area contributed by atoms with E-state index in [0.717, 1.165) is 11.1 Å². The molecule has 6 heteroatoms. The molecule has 1 aromatic carbocycles. The number of nitrogens with two attached hydrogens (primary N) is 1. The predicted molar refractivity (Wildman–Crippen MR) is 70.2 cm³/mol. The van der Waals surface area contributed by atoms with Gasteiger partial charge in [-0.25, -0.2) is 0 Å². The van der Waals surface area contributed by atoms with Crippen LogP contribution in [0, 0.1) is 0 Å². The van der Waals surface area contributed by atoms with Gasteiger partial charge in [-0.15, -0.1) is 0 Å². The Balaban J connectivity index is 2.58. The summed E-state index contributed by atoms with van der Waals surface area (Å²) < 4.78 is 21.1. The van der Waals surface area contributed by atoms with Crippen molar-refractivity contribution in [2.24, 2.45) is 0 Å². The van der Waals surface area contributed by atoms with Crippen molar-refractivity contribution in [3.05, 3.63) is 23.8 Å². The van der Waals surface area contributed by atoms with Crippen LogP contribution in [-0.2, 0) is 11.3 Å². The maximum atomic E-state index is 5.57. The summed E-state index contributed by atoms with van der Waals surface area (Å²) >= 11 is 0. The molecular formula is C13H16N2O4. The van der Waals surface area contributed by atoms with E-state index >= 15 is 0 Å². The fourth-order valence-corrected chi connectivity index (χ4v) is 1.93. The molecule has 2 N–H and O–H groups in total. The number of aromatic nitrogens is 1. The quantitative estimate of drug-likeness (QED) is 0.890. The van der Waals surface area contributed by atoms with E-state index in [2.05, 4.69) is 5.16 Å². The fourth-order valence-electron chi connectivity index (χ4n) is 1.93. The van der Waals surface area contributed by atoms with Gasteiger partial charge in [0.2, 0.25) is 0 Å². The van der Waals surface area contributed by atoms with E-state index in [-0.39, 0.29) is 0 Å². The third-order valence-electron chi connectivity index (χ3n) is 2.72. The first-order valence-electron chi connectivity index (χ1n) is 5.66. The second-order valence-electron chi connectivity index (χ2n) is 3.88. The molecule has 1 heterocycles. The lowest BCUT2D eigenvalue weighted by atomic mass is 10.1. The number of rotatable bonds is 5. The van der Waals surface area contributed by atoms with Gasteiger partial charge < -0.3 is 24.5 Å². The number of benzene rings is 1. The van der Waals surface area contributed by atoms with Gasteiger partial charge in [0, 0.05) is 13.2 Å². The van der Waals surface area contributed by atoms with Crippen molar-refractivity contribution in [1.82, 2.24) is 5.16 Å². The van der Waals surface area contributed by atoms with Crippen molar-refractivity contribution in [2.45, 2.75) is 6.61 Å². The molecule has 0 unspecified atom stereocenters. The van der Waals surface area contributed by atoms with E-state index in [1.807, 2.05) is 12.1 Å². The first-order chi connectivity index (χ1) is 9.21. The van der Waals surface area contributed by atoms with E-state index < -0.39 is 0 Å². The van der Waals surface area contributed by atoms with Crippen molar-refractivity contribution in [3.63, 3.8) is 0 Å². The van der Waals surface area contributed by atoms with Crippen molar-refractivity contribution in [3.8, 4) is 22.8 Å². The molecule has 1 aromatic heterocycles. The van der Waals surface area contributed by atoms with Crippen LogP contribution < -0.4 is 15.2 Å². The third-order valence-corrected chi connectivity index (χ3v) is 2.72. The summed E-state index contributed by atoms with van der Waals surface area (Å²) in [4.78, 5) is 0. The van der Waals surface area contributed by atoms with Gasteiger partial charge in [0.25, 0.3) is 0 Å². The smallest absolute Gasteiger partial charge is 0.172 e. The summed E-state index contributed by atoms with van der Waals surface area (Å²) in [7, 11) is 4.79. The largest absolute Gasteiger partial charge is 0.496 e. The Hall–Kier alpha value is -2.21. The van der Waals surface area contributed by atoms with Crippen LogP contribution in [-0.4, -0.2) is 26.5 Å². The molecule has 2 aromatic rings. The zero-order valence-corrected chi connectivity index (χ0v) is 11.1. The molecule has 0 saturated carbocycles. The second-order valence-corrected chi connectivity index (χ2v) is 3.88. The minimum atomic E-state index is 0.321. The average Bonchev–Trinajstić information content (AvgIpc) is 2.85. The van der Waals surface area contributed by atoms with Crippen LogP contribution in [0.25, 0.3) is 11.3 Å². The number of hydrogen-bond donors (Lipinski definition) is 1. The molecule has 0 radical (unpaired) electrons. The van der Waals surface area contributed by atoms with Crippen molar-refractivity contribution >= 4 is 5.82 Å². The van der Waals surface area contributed by atoms with Gasteiger partial charge in [0.15, 0.2) is 11.6 Å². The highest BCUT2D eigenvalue weighted by atomic mass is 16.5. The van der Waals surface area contributed by atoms with Gasteiger partial charge >= 0.3 is 0 Å². The summed E-state index contributed by atoms with van der Waals surface area (Å²) in [6.45, 7) is 0.365. The first-order valence-corrected chi connectivity index (χ1v) is 5.66. The number of anilines is 1. The molecule has 0 saturated heterocycles. The molecule has 2 rings (SSSR count). The summed E-state index contributed by atoms with van der Waals surface area (Å²) in [5.74, 6) is 2.17. The minimum Gasteiger partial charge on any atom is -0.496 e. The standard InChI is InChI=1S/C13H16N2O4/c1-16-7-9-10(17-2)5-4-8(13(9)18-3)11-6-12(14)15-19-11/h4-6H,7H2,1-3H3,(H2,14,15). The summed E-state index contributed by atoms with van der Waals surface area (Å²) in [6, 6.07) is 5.29. The number of nitrogen functional groups attached to an aromatic ring is 1. The Labute approximate surface area is 111 Å². The first kappa shape index (κ1) is 13.2. The molecule has 0 aliphatic rings. The maximum Gasteiger partial charge on any atom is 0.172 e. The van der Waals surface area contributed by atoms with Crippen LogP contribution >= 0.6 is 0 Å². The van der Waals surface area contributed by atoms with Gasteiger partial charge in [0.1, 0.15) is 11.5 Å². The molecule has 0 amide bonds. The topological polar surface area (TPSA) is 79.7 Å². The van der Waals surface area contributed by atoms with Crippen LogP contribution in [0.15, 0.2) is 22.7 Å². The zero-order chi connectivity index (χ0) is 13.8. The molecule has 0 bridgehead atoms. The van der Waals surface area contributed by atoms with Crippen molar-refractivity contribution in [1.29, 1.82) is 0 Å². The molecular weight excluding hydrogens is 248 g/mol. The molecule has 0 fully saturated rings. The van der Waals surface area contributed by atoms with Crippen molar-refractivity contribution < 1.29 is 18.7 Å². The number of methoxy groups -OCH3 is 3. The molecule has 0 aliphatic heterocycles. The highest BCUT2D eigenvalue weighted by Gasteiger charge is 2.18. The summed E-state index contributed by atoms with van der Waals surface area (Å²) in [5, 5.41) is 3.67. The van der Waals surface area contributed by atoms with Gasteiger partial charge in [-0.05, 0) is 12.1 Å². The second kappa shape index (κ2) is 5.62. The van der Waals surface area contributed by atoms with Gasteiger partial charge in [-0.1, -0.05) is 5.16 Å². The van der Waals surface area contributed by atoms with Crippen LogP contribution in [0.3, 0.4) is 0 Å². The van der Waals surface area contributed by atoms with E-state index in [4.69, 9.17) is 24.5 Å². The lowest BCUT2D eigenvalue weighted by Crippen LogP contribution is -2.00. The van der Waals surface area contributed by atoms with Gasteiger partial charge in [-0.3, -0.25) is 0 Å². The van der Waals surface area contributed by atoms with E-state index in [9.17, 15) is 0 Å². The van der Waals surface area contributed by atoms with E-state index in [0.29, 0.717) is 29.7 Å². The Bertz CT molecular complexity index is 566. The normalized spacial score (nSPS) is 10.5. The Morgan fingerprint density at radius 3 is 2.53 bits per heavy atom. The predicted octanol–water partition coefficient (Wildman–Crippen LogP) is 2.09. The minimum absolute atomic E-state index is 0.321. The molecule has 19 heavy (non-hydrogen) atoms. The molecule has 0 atom stereocenters. The summed E-state index contributed by atoms with van der Waals surface area (Å²) in [6.07, 6.45) is 0. The fraction of sp³-hybridized carbons (Fsp3) is 0.308. The average molecular weight is 264 g/mol. The molecule has 6 nitrogen and oxygen atoms in total. The SMILES string of the molecule is COCc1c(OC)ccc(-c2cc(N)no2)c1OC. The van der Waals surface area contributed by atoms with Crippen LogP contribution in [0.4, 0.5) is 5.82 Å². The van der Waals surface area contributed by atoms with E-state index in [1.165, 1.54) is 0 Å². The van der Waals surface area contributed by atoms with Crippen molar-refractivity contribution in [2.75, 3.05) is 27.1 Å². The van der Waals surface area contributed by atoms with Crippen LogP contribution in [0.5, 0.6) is 11.5 Å². The van der Waals surface area contributed by atoms with Gasteiger partial charge in [0.05, 0.1) is 32.0 Å².